The Balaban J connectivity index is 1.67. The summed E-state index contributed by atoms with van der Waals surface area (Å²) in [5.41, 5.74) is 0.381. The van der Waals surface area contributed by atoms with Crippen molar-refractivity contribution in [1.29, 1.82) is 0 Å². The quantitative estimate of drug-likeness (QED) is 0.336. The summed E-state index contributed by atoms with van der Waals surface area (Å²) >= 11 is 5.91. The Morgan fingerprint density at radius 1 is 1.33 bits per heavy atom. The van der Waals surface area contributed by atoms with E-state index in [1.165, 1.54) is 17.0 Å². The second-order valence-electron chi connectivity index (χ2n) is 5.81. The van der Waals surface area contributed by atoms with Crippen molar-refractivity contribution in [1.82, 2.24) is 0 Å². The highest BCUT2D eigenvalue weighted by molar-refractivity contribution is 6.32. The second-order valence-corrected chi connectivity index (χ2v) is 6.22. The van der Waals surface area contributed by atoms with Crippen molar-refractivity contribution in [2.45, 2.75) is 19.4 Å². The van der Waals surface area contributed by atoms with Crippen LogP contribution in [0.2, 0.25) is 5.02 Å². The molecule has 8 nitrogen and oxygen atoms in total. The molecule has 0 aliphatic carbocycles. The van der Waals surface area contributed by atoms with Crippen molar-refractivity contribution in [3.8, 4) is 11.5 Å². The number of nitro groups is 1. The third kappa shape index (κ3) is 4.01. The zero-order valence-corrected chi connectivity index (χ0v) is 15.0. The predicted molar refractivity (Wildman–Crippen MR) is 97.2 cm³/mol. The van der Waals surface area contributed by atoms with Crippen LogP contribution in [0.4, 0.5) is 11.4 Å². The van der Waals surface area contributed by atoms with Crippen LogP contribution in [-0.2, 0) is 9.59 Å². The van der Waals surface area contributed by atoms with Gasteiger partial charge in [-0.05, 0) is 25.1 Å². The van der Waals surface area contributed by atoms with Crippen molar-refractivity contribution >= 4 is 34.9 Å². The molecule has 0 N–H and O–H groups in total. The number of hydrogen-bond donors (Lipinski definition) is 0. The lowest BCUT2D eigenvalue weighted by atomic mass is 10.2. The summed E-state index contributed by atoms with van der Waals surface area (Å²) in [4.78, 5) is 36.1. The molecule has 1 aliphatic rings. The molecule has 1 atom stereocenters. The van der Waals surface area contributed by atoms with Gasteiger partial charge in [-0.1, -0.05) is 23.7 Å². The molecule has 1 unspecified atom stereocenters. The molecule has 0 fully saturated rings. The zero-order chi connectivity index (χ0) is 19.6. The number of para-hydroxylation sites is 2. The van der Waals surface area contributed by atoms with Gasteiger partial charge in [0.2, 0.25) is 0 Å². The lowest BCUT2D eigenvalue weighted by molar-refractivity contribution is -0.384. The number of non-ortho nitro benzene ring substituents is 1. The Morgan fingerprint density at radius 3 is 2.78 bits per heavy atom. The van der Waals surface area contributed by atoms with Gasteiger partial charge < -0.3 is 14.4 Å². The Labute approximate surface area is 159 Å². The van der Waals surface area contributed by atoms with Gasteiger partial charge in [0.05, 0.1) is 22.1 Å². The first-order valence-electron chi connectivity index (χ1n) is 8.08. The van der Waals surface area contributed by atoms with Gasteiger partial charge in [-0.3, -0.25) is 19.7 Å². The number of ether oxygens (including phenoxy) is 2. The fraction of sp³-hybridized carbons (Fsp3) is 0.222. The van der Waals surface area contributed by atoms with Crippen LogP contribution in [0.5, 0.6) is 11.5 Å². The first kappa shape index (κ1) is 18.7. The molecule has 1 aliphatic heterocycles. The van der Waals surface area contributed by atoms with Gasteiger partial charge in [-0.25, -0.2) is 0 Å². The molecule has 0 saturated heterocycles. The topological polar surface area (TPSA) is 99.0 Å². The van der Waals surface area contributed by atoms with Crippen LogP contribution in [0.15, 0.2) is 42.5 Å². The van der Waals surface area contributed by atoms with Crippen molar-refractivity contribution in [2.24, 2.45) is 0 Å². The van der Waals surface area contributed by atoms with Gasteiger partial charge in [0.15, 0.2) is 6.10 Å². The number of carbonyl (C=O) groups excluding carboxylic acids is 2. The molecule has 0 saturated carbocycles. The second kappa shape index (κ2) is 7.63. The van der Waals surface area contributed by atoms with E-state index < -0.39 is 17.0 Å². The summed E-state index contributed by atoms with van der Waals surface area (Å²) in [5.74, 6) is -0.282. The summed E-state index contributed by atoms with van der Waals surface area (Å²) in [5, 5.41) is 10.7. The lowest BCUT2D eigenvalue weighted by Crippen LogP contribution is -2.45. The van der Waals surface area contributed by atoms with Crippen LogP contribution in [-0.4, -0.2) is 29.4 Å². The molecule has 2 aromatic carbocycles. The number of rotatable bonds is 5. The van der Waals surface area contributed by atoms with Crippen molar-refractivity contribution in [2.75, 3.05) is 11.4 Å². The van der Waals surface area contributed by atoms with E-state index in [-0.39, 0.29) is 35.3 Å². The van der Waals surface area contributed by atoms with Crippen LogP contribution in [0.1, 0.15) is 13.3 Å². The Hall–Kier alpha value is -3.13. The number of anilines is 1. The van der Waals surface area contributed by atoms with Crippen LogP contribution < -0.4 is 14.4 Å². The fourth-order valence-electron chi connectivity index (χ4n) is 2.65. The first-order valence-corrected chi connectivity index (χ1v) is 8.46. The molecule has 140 valence electrons. The highest BCUT2D eigenvalue weighted by atomic mass is 35.5. The number of amides is 1. The number of nitro benzene ring substituents is 1. The van der Waals surface area contributed by atoms with Gasteiger partial charge in [-0.2, -0.15) is 0 Å². The lowest BCUT2D eigenvalue weighted by Gasteiger charge is -2.32. The maximum absolute atomic E-state index is 12.4. The predicted octanol–water partition coefficient (Wildman–Crippen LogP) is 3.36. The van der Waals surface area contributed by atoms with Gasteiger partial charge in [0, 0.05) is 18.7 Å². The number of benzene rings is 2. The van der Waals surface area contributed by atoms with Gasteiger partial charge in [-0.15, -0.1) is 0 Å². The number of hydrogen-bond acceptors (Lipinski definition) is 6. The molecule has 27 heavy (non-hydrogen) atoms. The van der Waals surface area contributed by atoms with Crippen LogP contribution >= 0.6 is 11.6 Å². The zero-order valence-electron chi connectivity index (χ0n) is 14.3. The standard InChI is InChI=1S/C18H15ClN2O6/c1-11-18(23)20(14-4-2-3-5-16(14)26-11)9-8-17(22)27-15-7-6-12(21(24)25)10-13(15)19/h2-7,10-11H,8-9H2,1H3. The largest absolute Gasteiger partial charge is 0.479 e. The van der Waals surface area contributed by atoms with Gasteiger partial charge >= 0.3 is 5.97 Å². The van der Waals surface area contributed by atoms with Crippen LogP contribution in [0, 0.1) is 10.1 Å². The average molecular weight is 391 g/mol. The van der Waals surface area contributed by atoms with E-state index in [1.54, 1.807) is 31.2 Å². The molecule has 9 heteroatoms. The SMILES string of the molecule is CC1Oc2ccccc2N(CCC(=O)Oc2ccc([N+](=O)[O-])cc2Cl)C1=O. The summed E-state index contributed by atoms with van der Waals surface area (Å²) in [6.45, 7) is 1.74. The van der Waals surface area contributed by atoms with Gasteiger partial charge in [0.1, 0.15) is 11.5 Å². The normalized spacial score (nSPS) is 15.7. The fourth-order valence-corrected chi connectivity index (χ4v) is 2.87. The highest BCUT2D eigenvalue weighted by Gasteiger charge is 2.31. The smallest absolute Gasteiger partial charge is 0.313 e. The third-order valence-electron chi connectivity index (χ3n) is 3.96. The number of esters is 1. The maximum Gasteiger partial charge on any atom is 0.313 e. The molecule has 1 amide bonds. The minimum Gasteiger partial charge on any atom is -0.479 e. The van der Waals surface area contributed by atoms with Crippen molar-refractivity contribution in [3.05, 3.63) is 57.6 Å². The molecule has 0 bridgehead atoms. The highest BCUT2D eigenvalue weighted by Crippen LogP contribution is 2.34. The number of fused-ring (bicyclic) bond motifs is 1. The number of nitrogens with zero attached hydrogens (tertiary/aromatic N) is 2. The van der Waals surface area contributed by atoms with E-state index >= 15 is 0 Å². The van der Waals surface area contributed by atoms with Crippen molar-refractivity contribution < 1.29 is 24.0 Å². The Kier molecular flexibility index (Phi) is 5.27. The molecular formula is C18H15ClN2O6. The molecule has 0 radical (unpaired) electrons. The summed E-state index contributed by atoms with van der Waals surface area (Å²) < 4.78 is 10.7. The molecule has 2 aromatic rings. The summed E-state index contributed by atoms with van der Waals surface area (Å²) in [6.07, 6.45) is -0.736. The molecule has 0 aromatic heterocycles. The molecule has 3 rings (SSSR count). The van der Waals surface area contributed by atoms with Crippen LogP contribution in [0.3, 0.4) is 0 Å². The maximum atomic E-state index is 12.4. The first-order chi connectivity index (χ1) is 12.9. The summed E-state index contributed by atoms with van der Waals surface area (Å²) in [7, 11) is 0. The summed E-state index contributed by atoms with van der Waals surface area (Å²) in [6, 6.07) is 10.6. The van der Waals surface area contributed by atoms with E-state index in [4.69, 9.17) is 21.1 Å². The Bertz CT molecular complexity index is 916. The third-order valence-corrected chi connectivity index (χ3v) is 4.26. The molecule has 0 spiro atoms. The average Bonchev–Trinajstić information content (AvgIpc) is 2.63. The minimum atomic E-state index is -0.653. The Morgan fingerprint density at radius 2 is 2.07 bits per heavy atom. The van der Waals surface area contributed by atoms with E-state index in [1.807, 2.05) is 0 Å². The molecular weight excluding hydrogens is 376 g/mol. The molecule has 1 heterocycles. The number of halogens is 1. The van der Waals surface area contributed by atoms with Crippen LogP contribution in [0.25, 0.3) is 0 Å². The minimum absolute atomic E-state index is 0.0225. The monoisotopic (exact) mass is 390 g/mol. The number of carbonyl (C=O) groups is 2. The van der Waals surface area contributed by atoms with E-state index in [0.717, 1.165) is 6.07 Å². The van der Waals surface area contributed by atoms with E-state index in [2.05, 4.69) is 0 Å². The van der Waals surface area contributed by atoms with Crippen molar-refractivity contribution in [3.63, 3.8) is 0 Å². The van der Waals surface area contributed by atoms with Gasteiger partial charge in [0.25, 0.3) is 11.6 Å². The van der Waals surface area contributed by atoms with E-state index in [0.29, 0.717) is 11.4 Å². The van der Waals surface area contributed by atoms with E-state index in [9.17, 15) is 19.7 Å².